The van der Waals surface area contributed by atoms with Gasteiger partial charge in [-0.05, 0) is 0 Å². The fourth-order valence-electron chi connectivity index (χ4n) is 2.17. The van der Waals surface area contributed by atoms with Gasteiger partial charge in [-0.2, -0.15) is 0 Å². The molecule has 0 aromatic heterocycles. The average molecular weight is 522 g/mol. The quantitative estimate of drug-likeness (QED) is 0.148. The van der Waals surface area contributed by atoms with Crippen LogP contribution in [0.2, 0.25) is 8.94 Å². The predicted octanol–water partition coefficient (Wildman–Crippen LogP) is 6.24. The number of unbranched alkanes of at least 4 members (excludes halogenated alkanes) is 9. The minimum absolute atomic E-state index is 0.230. The van der Waals surface area contributed by atoms with Crippen molar-refractivity contribution in [1.29, 1.82) is 0 Å². The zero-order valence-electron chi connectivity index (χ0n) is 13.2. The standard InChI is InChI=1S/C17H31IO2Te/c18-14-10-6-4-2-1-3-5-7-11-15-21-16-12-8-9-13-17(19)20/h10,14H,1-9,11-13,15-16H2,(H,19,20)/b14-10-. The van der Waals surface area contributed by atoms with Gasteiger partial charge in [0.15, 0.2) is 0 Å². The summed E-state index contributed by atoms with van der Waals surface area (Å²) in [5.41, 5.74) is 0. The van der Waals surface area contributed by atoms with Crippen molar-refractivity contribution in [3.05, 3.63) is 10.2 Å². The number of rotatable bonds is 16. The van der Waals surface area contributed by atoms with Crippen molar-refractivity contribution in [2.75, 3.05) is 0 Å². The van der Waals surface area contributed by atoms with Crippen LogP contribution in [0.4, 0.5) is 0 Å². The van der Waals surface area contributed by atoms with E-state index in [0.717, 1.165) is 12.8 Å². The molecule has 0 heterocycles. The van der Waals surface area contributed by atoms with E-state index in [9.17, 15) is 4.79 Å². The molecule has 0 bridgehead atoms. The zero-order valence-corrected chi connectivity index (χ0v) is 17.7. The molecule has 0 amide bonds. The third kappa shape index (κ3) is 20.7. The number of allylic oxidation sites excluding steroid dienone is 1. The van der Waals surface area contributed by atoms with Gasteiger partial charge in [0.2, 0.25) is 0 Å². The molecule has 0 aliphatic rings. The Labute approximate surface area is 154 Å². The van der Waals surface area contributed by atoms with E-state index in [1.165, 1.54) is 66.7 Å². The van der Waals surface area contributed by atoms with Gasteiger partial charge in [0.1, 0.15) is 0 Å². The summed E-state index contributed by atoms with van der Waals surface area (Å²) in [5.74, 6) is -0.645. The Morgan fingerprint density at radius 3 is 1.95 bits per heavy atom. The van der Waals surface area contributed by atoms with Crippen LogP contribution in [0.1, 0.15) is 77.0 Å². The second kappa shape index (κ2) is 18.8. The number of hydrogen-bond donors (Lipinski definition) is 1. The van der Waals surface area contributed by atoms with E-state index in [-0.39, 0.29) is 20.9 Å². The summed E-state index contributed by atoms with van der Waals surface area (Å²) in [6.45, 7) is 0. The first kappa shape index (κ1) is 21.7. The van der Waals surface area contributed by atoms with Gasteiger partial charge >= 0.3 is 156 Å². The monoisotopic (exact) mass is 524 g/mol. The summed E-state index contributed by atoms with van der Waals surface area (Å²) in [5, 5.41) is 8.53. The van der Waals surface area contributed by atoms with E-state index in [1.807, 2.05) is 0 Å². The first-order chi connectivity index (χ1) is 10.3. The molecule has 0 radical (unpaired) electrons. The van der Waals surface area contributed by atoms with Crippen LogP contribution in [0, 0.1) is 0 Å². The summed E-state index contributed by atoms with van der Waals surface area (Å²) in [7, 11) is 0. The second-order valence-electron chi connectivity index (χ2n) is 5.44. The maximum atomic E-state index is 10.4. The minimum atomic E-state index is -0.645. The summed E-state index contributed by atoms with van der Waals surface area (Å²) < 4.78 is 5.02. The van der Waals surface area contributed by atoms with Crippen molar-refractivity contribution in [2.45, 2.75) is 86.0 Å². The van der Waals surface area contributed by atoms with E-state index in [1.54, 1.807) is 0 Å². The van der Waals surface area contributed by atoms with Crippen LogP contribution in [-0.4, -0.2) is 32.0 Å². The first-order valence-corrected chi connectivity index (χ1v) is 12.9. The molecule has 0 saturated heterocycles. The number of carbonyl (C=O) groups is 1. The van der Waals surface area contributed by atoms with Crippen molar-refractivity contribution < 1.29 is 9.90 Å². The number of hydrogen-bond acceptors (Lipinski definition) is 1. The fraction of sp³-hybridized carbons (Fsp3) is 0.824. The van der Waals surface area contributed by atoms with Crippen molar-refractivity contribution in [3.8, 4) is 0 Å². The molecular formula is C17H31IO2Te. The summed E-state index contributed by atoms with van der Waals surface area (Å²) >= 11 is 2.52. The summed E-state index contributed by atoms with van der Waals surface area (Å²) in [6, 6.07) is 0. The molecule has 0 spiro atoms. The Bertz CT molecular complexity index is 257. The molecule has 4 heteroatoms. The molecule has 0 saturated carbocycles. The Balaban J connectivity index is 2.98. The van der Waals surface area contributed by atoms with Crippen molar-refractivity contribution >= 4 is 49.5 Å². The Morgan fingerprint density at radius 2 is 1.38 bits per heavy atom. The topological polar surface area (TPSA) is 37.3 Å². The van der Waals surface area contributed by atoms with Gasteiger partial charge in [-0.3, -0.25) is 0 Å². The van der Waals surface area contributed by atoms with E-state index in [0.29, 0.717) is 6.42 Å². The number of halogens is 1. The Morgan fingerprint density at radius 1 is 0.857 bits per heavy atom. The molecule has 0 aliphatic heterocycles. The van der Waals surface area contributed by atoms with E-state index in [4.69, 9.17) is 5.11 Å². The second-order valence-corrected chi connectivity index (χ2v) is 9.66. The zero-order chi connectivity index (χ0) is 15.6. The van der Waals surface area contributed by atoms with Crippen molar-refractivity contribution in [3.63, 3.8) is 0 Å². The van der Waals surface area contributed by atoms with E-state index in [2.05, 4.69) is 32.7 Å². The number of carboxylic acids is 1. The van der Waals surface area contributed by atoms with Crippen LogP contribution in [-0.2, 0) is 4.79 Å². The molecule has 0 rings (SSSR count). The van der Waals surface area contributed by atoms with Gasteiger partial charge in [0, 0.05) is 0 Å². The maximum absolute atomic E-state index is 10.4. The van der Waals surface area contributed by atoms with E-state index >= 15 is 0 Å². The van der Waals surface area contributed by atoms with Gasteiger partial charge in [0.05, 0.1) is 0 Å². The van der Waals surface area contributed by atoms with Gasteiger partial charge < -0.3 is 0 Å². The molecule has 0 aromatic rings. The molecule has 0 fully saturated rings. The first-order valence-electron chi connectivity index (χ1n) is 8.32. The molecule has 124 valence electrons. The fourth-order valence-corrected chi connectivity index (χ4v) is 5.44. The SMILES string of the molecule is O=C(O)CCCCC[Te]CCCCCCCCC/C=C\I. The van der Waals surface area contributed by atoms with Gasteiger partial charge in [-0.1, -0.05) is 0 Å². The normalized spacial score (nSPS) is 11.3. The van der Waals surface area contributed by atoms with Crippen LogP contribution in [0.25, 0.3) is 0 Å². The summed E-state index contributed by atoms with van der Waals surface area (Å²) in [4.78, 5) is 10.4. The van der Waals surface area contributed by atoms with Gasteiger partial charge in [-0.15, -0.1) is 0 Å². The third-order valence-electron chi connectivity index (χ3n) is 3.43. The van der Waals surface area contributed by atoms with Crippen LogP contribution < -0.4 is 0 Å². The average Bonchev–Trinajstić information content (AvgIpc) is 2.46. The van der Waals surface area contributed by atoms with Gasteiger partial charge in [-0.25, -0.2) is 0 Å². The predicted molar refractivity (Wildman–Crippen MR) is 102 cm³/mol. The number of aliphatic carboxylic acids is 1. The van der Waals surface area contributed by atoms with Crippen LogP contribution in [0.3, 0.4) is 0 Å². The number of carboxylic acid groups (broad SMARTS) is 1. The van der Waals surface area contributed by atoms with Gasteiger partial charge in [0.25, 0.3) is 0 Å². The molecule has 0 atom stereocenters. The Kier molecular flexibility index (Phi) is 19.4. The molecule has 21 heavy (non-hydrogen) atoms. The molecule has 1 N–H and O–H groups in total. The summed E-state index contributed by atoms with van der Waals surface area (Å²) in [6.07, 6.45) is 17.0. The molecule has 0 aliphatic carbocycles. The Hall–Kier alpha value is 0.730. The third-order valence-corrected chi connectivity index (χ3v) is 7.23. The van der Waals surface area contributed by atoms with Crippen molar-refractivity contribution in [1.82, 2.24) is 0 Å². The molecule has 2 nitrogen and oxygen atoms in total. The van der Waals surface area contributed by atoms with Crippen molar-refractivity contribution in [2.24, 2.45) is 0 Å². The molecular weight excluding hydrogens is 491 g/mol. The van der Waals surface area contributed by atoms with Crippen LogP contribution in [0.15, 0.2) is 10.2 Å². The van der Waals surface area contributed by atoms with Crippen LogP contribution >= 0.6 is 22.6 Å². The van der Waals surface area contributed by atoms with Crippen LogP contribution in [0.5, 0.6) is 0 Å². The molecule has 0 unspecified atom stereocenters. The molecule has 0 aromatic carbocycles. The van der Waals surface area contributed by atoms with E-state index < -0.39 is 5.97 Å².